The van der Waals surface area contributed by atoms with Crippen molar-refractivity contribution in [1.29, 1.82) is 0 Å². The molecule has 1 aromatic carbocycles. The summed E-state index contributed by atoms with van der Waals surface area (Å²) in [7, 11) is 0. The number of pyridine rings is 1. The van der Waals surface area contributed by atoms with E-state index in [1.165, 1.54) is 0 Å². The Morgan fingerprint density at radius 1 is 1.43 bits per heavy atom. The fourth-order valence-electron chi connectivity index (χ4n) is 1.42. The van der Waals surface area contributed by atoms with Crippen molar-refractivity contribution in [2.45, 2.75) is 6.92 Å². The Hall–Kier alpha value is -1.48. The predicted molar refractivity (Wildman–Crippen MR) is 56.0 cm³/mol. The van der Waals surface area contributed by atoms with Gasteiger partial charge in [0.05, 0.1) is 5.52 Å². The molecule has 2 rings (SSSR count). The normalized spacial score (nSPS) is 10.7. The SMILES string of the molecule is Cc1c(Cl)ccc2c(O)cc(=O)[nH]c12. The number of fused-ring (bicyclic) bond motifs is 1. The lowest BCUT2D eigenvalue weighted by Gasteiger charge is -2.04. The molecule has 0 aliphatic rings. The van der Waals surface area contributed by atoms with Crippen molar-refractivity contribution in [2.75, 3.05) is 0 Å². The average molecular weight is 210 g/mol. The van der Waals surface area contributed by atoms with E-state index < -0.39 is 0 Å². The Labute approximate surface area is 85.0 Å². The van der Waals surface area contributed by atoms with Gasteiger partial charge in [-0.15, -0.1) is 0 Å². The molecule has 0 bridgehead atoms. The first-order valence-electron chi connectivity index (χ1n) is 4.10. The van der Waals surface area contributed by atoms with E-state index in [-0.39, 0.29) is 11.3 Å². The minimum atomic E-state index is -0.333. The van der Waals surface area contributed by atoms with E-state index in [9.17, 15) is 9.90 Å². The Bertz CT molecular complexity index is 560. The maximum atomic E-state index is 11.1. The van der Waals surface area contributed by atoms with Crippen molar-refractivity contribution < 1.29 is 5.11 Å². The highest BCUT2D eigenvalue weighted by molar-refractivity contribution is 6.32. The number of aromatic hydroxyl groups is 1. The van der Waals surface area contributed by atoms with E-state index in [1.807, 2.05) is 0 Å². The van der Waals surface area contributed by atoms with Crippen LogP contribution in [-0.4, -0.2) is 10.1 Å². The van der Waals surface area contributed by atoms with Gasteiger partial charge in [0.2, 0.25) is 0 Å². The van der Waals surface area contributed by atoms with E-state index in [0.717, 1.165) is 11.6 Å². The van der Waals surface area contributed by atoms with Crippen LogP contribution in [0.5, 0.6) is 5.75 Å². The van der Waals surface area contributed by atoms with Crippen LogP contribution in [-0.2, 0) is 0 Å². The molecule has 0 saturated heterocycles. The Morgan fingerprint density at radius 2 is 2.14 bits per heavy atom. The van der Waals surface area contributed by atoms with Crippen LogP contribution in [0.15, 0.2) is 23.0 Å². The molecule has 1 aromatic heterocycles. The molecule has 2 aromatic rings. The largest absolute Gasteiger partial charge is 0.507 e. The molecular formula is C10H8ClNO2. The summed E-state index contributed by atoms with van der Waals surface area (Å²) in [6, 6.07) is 4.52. The minimum absolute atomic E-state index is 0.0245. The zero-order valence-electron chi connectivity index (χ0n) is 7.47. The minimum Gasteiger partial charge on any atom is -0.507 e. The number of benzene rings is 1. The molecule has 0 saturated carbocycles. The Morgan fingerprint density at radius 3 is 2.86 bits per heavy atom. The van der Waals surface area contributed by atoms with Crippen LogP contribution < -0.4 is 5.56 Å². The van der Waals surface area contributed by atoms with Gasteiger partial charge in [-0.3, -0.25) is 4.79 Å². The number of rotatable bonds is 0. The number of H-pyrrole nitrogens is 1. The maximum absolute atomic E-state index is 11.1. The number of hydrogen-bond acceptors (Lipinski definition) is 2. The summed E-state index contributed by atoms with van der Waals surface area (Å²) in [6.07, 6.45) is 0. The first kappa shape index (κ1) is 9.09. The molecule has 0 atom stereocenters. The Balaban J connectivity index is 3.02. The fourth-order valence-corrected chi connectivity index (χ4v) is 1.58. The molecule has 0 unspecified atom stereocenters. The fraction of sp³-hybridized carbons (Fsp3) is 0.100. The van der Waals surface area contributed by atoms with Gasteiger partial charge in [0.15, 0.2) is 0 Å². The van der Waals surface area contributed by atoms with Gasteiger partial charge in [0.25, 0.3) is 5.56 Å². The van der Waals surface area contributed by atoms with Crippen molar-refractivity contribution >= 4 is 22.5 Å². The molecule has 14 heavy (non-hydrogen) atoms. The number of nitrogens with one attached hydrogen (secondary N) is 1. The predicted octanol–water partition coefficient (Wildman–Crippen LogP) is 2.20. The molecule has 3 nitrogen and oxygen atoms in total. The highest BCUT2D eigenvalue weighted by atomic mass is 35.5. The second kappa shape index (κ2) is 3.03. The standard InChI is InChI=1S/C10H8ClNO2/c1-5-7(11)3-2-6-8(13)4-9(14)12-10(5)6/h2-4H,1H3,(H2,12,13,14). The van der Waals surface area contributed by atoms with Crippen molar-refractivity contribution in [3.63, 3.8) is 0 Å². The highest BCUT2D eigenvalue weighted by Crippen LogP contribution is 2.27. The molecule has 2 N–H and O–H groups in total. The smallest absolute Gasteiger partial charge is 0.252 e. The van der Waals surface area contributed by atoms with E-state index in [1.54, 1.807) is 19.1 Å². The van der Waals surface area contributed by atoms with Crippen molar-refractivity contribution in [2.24, 2.45) is 0 Å². The van der Waals surface area contributed by atoms with Gasteiger partial charge >= 0.3 is 0 Å². The third-order valence-corrected chi connectivity index (χ3v) is 2.60. The van der Waals surface area contributed by atoms with Gasteiger partial charge in [-0.2, -0.15) is 0 Å². The van der Waals surface area contributed by atoms with Gasteiger partial charge in [0.1, 0.15) is 5.75 Å². The summed E-state index contributed by atoms with van der Waals surface area (Å²) in [6.45, 7) is 1.79. The van der Waals surface area contributed by atoms with E-state index in [2.05, 4.69) is 4.98 Å². The van der Waals surface area contributed by atoms with Crippen LogP contribution in [0.3, 0.4) is 0 Å². The highest BCUT2D eigenvalue weighted by Gasteiger charge is 2.06. The van der Waals surface area contributed by atoms with Crippen molar-refractivity contribution in [1.82, 2.24) is 4.98 Å². The first-order chi connectivity index (χ1) is 6.59. The second-order valence-corrected chi connectivity index (χ2v) is 3.52. The van der Waals surface area contributed by atoms with Gasteiger partial charge in [-0.25, -0.2) is 0 Å². The summed E-state index contributed by atoms with van der Waals surface area (Å²) < 4.78 is 0. The van der Waals surface area contributed by atoms with E-state index in [4.69, 9.17) is 11.6 Å². The number of aromatic nitrogens is 1. The van der Waals surface area contributed by atoms with Crippen LogP contribution in [0, 0.1) is 6.92 Å². The van der Waals surface area contributed by atoms with Gasteiger partial charge in [-0.05, 0) is 24.6 Å². The third-order valence-electron chi connectivity index (χ3n) is 2.19. The number of halogens is 1. The summed E-state index contributed by atoms with van der Waals surface area (Å²) in [5, 5.41) is 10.7. The zero-order valence-corrected chi connectivity index (χ0v) is 8.22. The first-order valence-corrected chi connectivity index (χ1v) is 4.48. The van der Waals surface area contributed by atoms with E-state index >= 15 is 0 Å². The number of aryl methyl sites for hydroxylation is 1. The lowest BCUT2D eigenvalue weighted by molar-refractivity contribution is 0.480. The van der Waals surface area contributed by atoms with Gasteiger partial charge < -0.3 is 10.1 Å². The van der Waals surface area contributed by atoms with Crippen molar-refractivity contribution in [3.8, 4) is 5.75 Å². The molecule has 0 radical (unpaired) electrons. The van der Waals surface area contributed by atoms with Gasteiger partial charge in [0, 0.05) is 16.5 Å². The molecule has 1 heterocycles. The molecule has 72 valence electrons. The quantitative estimate of drug-likeness (QED) is 0.699. The van der Waals surface area contributed by atoms with Crippen LogP contribution in [0.1, 0.15) is 5.56 Å². The van der Waals surface area contributed by atoms with Crippen LogP contribution in [0.25, 0.3) is 10.9 Å². The Kier molecular flexibility index (Phi) is 1.97. The third kappa shape index (κ3) is 1.26. The monoisotopic (exact) mass is 209 g/mol. The number of hydrogen-bond donors (Lipinski definition) is 2. The molecule has 0 aliphatic heterocycles. The molecule has 0 fully saturated rings. The molecule has 4 heteroatoms. The maximum Gasteiger partial charge on any atom is 0.252 e. The number of aromatic amines is 1. The average Bonchev–Trinajstić information content (AvgIpc) is 2.12. The molecule has 0 aliphatic carbocycles. The summed E-state index contributed by atoms with van der Waals surface area (Å²) in [5.41, 5.74) is 1.01. The molecule has 0 spiro atoms. The van der Waals surface area contributed by atoms with E-state index in [0.29, 0.717) is 15.9 Å². The molecule has 0 amide bonds. The topological polar surface area (TPSA) is 53.1 Å². The van der Waals surface area contributed by atoms with Crippen molar-refractivity contribution in [3.05, 3.63) is 39.1 Å². The summed E-state index contributed by atoms with van der Waals surface area (Å²) in [5.74, 6) is -0.0245. The second-order valence-electron chi connectivity index (χ2n) is 3.11. The lowest BCUT2D eigenvalue weighted by Crippen LogP contribution is -2.04. The summed E-state index contributed by atoms with van der Waals surface area (Å²) in [4.78, 5) is 13.7. The molecular weight excluding hydrogens is 202 g/mol. The lowest BCUT2D eigenvalue weighted by atomic mass is 10.1. The van der Waals surface area contributed by atoms with Gasteiger partial charge in [-0.1, -0.05) is 11.6 Å². The van der Waals surface area contributed by atoms with Crippen LogP contribution >= 0.6 is 11.6 Å². The summed E-state index contributed by atoms with van der Waals surface area (Å²) >= 11 is 5.89. The zero-order chi connectivity index (χ0) is 10.3. The van der Waals surface area contributed by atoms with Crippen LogP contribution in [0.2, 0.25) is 5.02 Å². The van der Waals surface area contributed by atoms with Crippen LogP contribution in [0.4, 0.5) is 0 Å².